The number of nitrogens with one attached hydrogen (secondary N) is 2. The molecule has 0 unspecified atom stereocenters. The number of H-pyrrole nitrogens is 1. The average molecular weight is 360 g/mol. The maximum Gasteiger partial charge on any atom is 0.274 e. The van der Waals surface area contributed by atoms with Crippen molar-refractivity contribution in [1.29, 1.82) is 0 Å². The van der Waals surface area contributed by atoms with Crippen molar-refractivity contribution in [3.05, 3.63) is 59.2 Å². The first kappa shape index (κ1) is 17.2. The van der Waals surface area contributed by atoms with Gasteiger partial charge in [0.2, 0.25) is 5.91 Å². The third-order valence-electron chi connectivity index (χ3n) is 4.18. The van der Waals surface area contributed by atoms with Crippen LogP contribution in [0.3, 0.4) is 0 Å². The van der Waals surface area contributed by atoms with E-state index in [0.29, 0.717) is 23.7 Å². The molecule has 1 aliphatic rings. The minimum Gasteiger partial charge on any atom is -0.343 e. The Bertz CT molecular complexity index is 746. The molecule has 2 aromatic rings. The Kier molecular flexibility index (Phi) is 5.50. The van der Waals surface area contributed by atoms with Crippen molar-refractivity contribution in [2.45, 2.75) is 0 Å². The zero-order valence-corrected chi connectivity index (χ0v) is 14.5. The average Bonchev–Trinajstić information content (AvgIpc) is 2.67. The Morgan fingerprint density at radius 3 is 2.44 bits per heavy atom. The highest BCUT2D eigenvalue weighted by molar-refractivity contribution is 6.33. The van der Waals surface area contributed by atoms with Crippen LogP contribution in [0.5, 0.6) is 0 Å². The van der Waals surface area contributed by atoms with E-state index in [2.05, 4.69) is 15.2 Å². The van der Waals surface area contributed by atoms with Gasteiger partial charge in [-0.1, -0.05) is 29.8 Å². The molecule has 0 saturated carbocycles. The number of pyridine rings is 1. The summed E-state index contributed by atoms with van der Waals surface area (Å²) in [6.07, 6.45) is 1.89. The molecule has 1 aliphatic heterocycles. The number of piperazine rings is 1. The summed E-state index contributed by atoms with van der Waals surface area (Å²) in [5, 5.41) is 3.02. The van der Waals surface area contributed by atoms with Crippen molar-refractivity contribution >= 4 is 29.2 Å². The second-order valence-electron chi connectivity index (χ2n) is 5.78. The molecule has 1 fully saturated rings. The molecule has 0 aliphatic carbocycles. The van der Waals surface area contributed by atoms with E-state index in [-0.39, 0.29) is 18.4 Å². The molecular weight excluding hydrogens is 340 g/mol. The van der Waals surface area contributed by atoms with Crippen LogP contribution in [0, 0.1) is 0 Å². The highest BCUT2D eigenvalue weighted by Crippen LogP contribution is 2.14. The minimum atomic E-state index is -0.337. The van der Waals surface area contributed by atoms with Crippen molar-refractivity contribution in [2.24, 2.45) is 0 Å². The topological polar surface area (TPSA) is 66.8 Å². The van der Waals surface area contributed by atoms with Crippen molar-refractivity contribution in [3.8, 4) is 0 Å². The highest BCUT2D eigenvalue weighted by Gasteiger charge is 2.26. The van der Waals surface area contributed by atoms with Gasteiger partial charge in [-0.05, 0) is 18.2 Å². The van der Waals surface area contributed by atoms with Crippen molar-refractivity contribution in [3.63, 3.8) is 0 Å². The van der Waals surface area contributed by atoms with Gasteiger partial charge in [-0.3, -0.25) is 14.5 Å². The van der Waals surface area contributed by atoms with E-state index in [9.17, 15) is 9.59 Å². The summed E-state index contributed by atoms with van der Waals surface area (Å²) in [6, 6.07) is 12.7. The van der Waals surface area contributed by atoms with Gasteiger partial charge in [0.1, 0.15) is 13.1 Å². The normalized spacial score (nSPS) is 14.3. The highest BCUT2D eigenvalue weighted by atomic mass is 35.5. The smallest absolute Gasteiger partial charge is 0.274 e. The van der Waals surface area contributed by atoms with E-state index in [1.807, 2.05) is 24.4 Å². The molecule has 130 valence electrons. The predicted octanol–water partition coefficient (Wildman–Crippen LogP) is 1.23. The summed E-state index contributed by atoms with van der Waals surface area (Å²) in [6.45, 7) is 2.74. The molecule has 7 heteroatoms. The van der Waals surface area contributed by atoms with E-state index in [4.69, 9.17) is 11.6 Å². The Morgan fingerprint density at radius 1 is 1.04 bits per heavy atom. The van der Waals surface area contributed by atoms with Gasteiger partial charge >= 0.3 is 0 Å². The van der Waals surface area contributed by atoms with Gasteiger partial charge < -0.3 is 10.2 Å². The molecule has 2 amide bonds. The molecule has 3 rings (SSSR count). The van der Waals surface area contributed by atoms with E-state index >= 15 is 0 Å². The van der Waals surface area contributed by atoms with Crippen LogP contribution in [-0.2, 0) is 4.79 Å². The Balaban J connectivity index is 1.48. The first-order chi connectivity index (χ1) is 12.1. The lowest BCUT2D eigenvalue weighted by Gasteiger charge is -2.31. The first-order valence-electron chi connectivity index (χ1n) is 8.17. The molecule has 2 N–H and O–H groups in total. The van der Waals surface area contributed by atoms with Crippen LogP contribution >= 0.6 is 11.6 Å². The number of aromatic amines is 1. The molecule has 0 radical (unpaired) electrons. The van der Waals surface area contributed by atoms with Crippen LogP contribution in [0.2, 0.25) is 5.02 Å². The van der Waals surface area contributed by atoms with Crippen molar-refractivity contribution in [2.75, 3.05) is 37.6 Å². The maximum atomic E-state index is 12.3. The van der Waals surface area contributed by atoms with Crippen LogP contribution in [-0.4, -0.2) is 49.4 Å². The first-order valence-corrected chi connectivity index (χ1v) is 8.55. The van der Waals surface area contributed by atoms with Gasteiger partial charge in [0.25, 0.3) is 11.7 Å². The number of hydrogen-bond donors (Lipinski definition) is 1. The number of amides is 2. The second-order valence-corrected chi connectivity index (χ2v) is 6.19. The molecule has 0 atom stereocenters. The largest absolute Gasteiger partial charge is 0.343 e. The number of aromatic nitrogens is 1. The summed E-state index contributed by atoms with van der Waals surface area (Å²) in [4.78, 5) is 31.6. The number of rotatable bonds is 4. The fourth-order valence-electron chi connectivity index (χ4n) is 2.79. The monoisotopic (exact) mass is 359 g/mol. The molecule has 6 nitrogen and oxygen atoms in total. The van der Waals surface area contributed by atoms with Crippen LogP contribution in [0.1, 0.15) is 10.4 Å². The van der Waals surface area contributed by atoms with Crippen LogP contribution < -0.4 is 15.2 Å². The summed E-state index contributed by atoms with van der Waals surface area (Å²) < 4.78 is 0. The van der Waals surface area contributed by atoms with Crippen LogP contribution in [0.25, 0.3) is 0 Å². The lowest BCUT2D eigenvalue weighted by atomic mass is 10.2. The number of carbonyl (C=O) groups is 2. The number of benzene rings is 1. The lowest BCUT2D eigenvalue weighted by Crippen LogP contribution is -2.52. The van der Waals surface area contributed by atoms with E-state index in [1.165, 1.54) is 0 Å². The van der Waals surface area contributed by atoms with Gasteiger partial charge in [0, 0.05) is 6.07 Å². The fraction of sp³-hybridized carbons (Fsp3) is 0.278. The van der Waals surface area contributed by atoms with E-state index in [0.717, 1.165) is 18.9 Å². The lowest BCUT2D eigenvalue weighted by molar-refractivity contribution is -0.364. The summed E-state index contributed by atoms with van der Waals surface area (Å²) in [5.41, 5.74) is 0.376. The Labute approximate surface area is 151 Å². The molecule has 1 saturated heterocycles. The third kappa shape index (κ3) is 4.28. The summed E-state index contributed by atoms with van der Waals surface area (Å²) >= 11 is 5.99. The van der Waals surface area contributed by atoms with Gasteiger partial charge in [-0.2, -0.15) is 0 Å². The second kappa shape index (κ2) is 7.98. The number of halogens is 1. The quantitative estimate of drug-likeness (QED) is 0.893. The zero-order valence-electron chi connectivity index (χ0n) is 13.7. The molecule has 0 spiro atoms. The maximum absolute atomic E-state index is 12.3. The van der Waals surface area contributed by atoms with Gasteiger partial charge in [-0.15, -0.1) is 0 Å². The van der Waals surface area contributed by atoms with Gasteiger partial charge in [-0.25, -0.2) is 4.98 Å². The molecular formula is C18H20ClN4O2+. The van der Waals surface area contributed by atoms with Crippen molar-refractivity contribution < 1.29 is 14.6 Å². The molecule has 1 aromatic carbocycles. The van der Waals surface area contributed by atoms with Gasteiger partial charge in [0.05, 0.1) is 36.4 Å². The Hall–Kier alpha value is -2.60. The standard InChI is InChI=1S/C18H19ClN4O2/c19-15-6-2-1-5-14(15)18(25)21-13-17(24)23-11-9-22(10-12-23)16-7-3-4-8-20-16/h1-8H,9-13H2,(H,21,25)/p+1. The van der Waals surface area contributed by atoms with E-state index in [1.54, 1.807) is 29.2 Å². The van der Waals surface area contributed by atoms with Gasteiger partial charge in [0.15, 0.2) is 0 Å². The summed E-state index contributed by atoms with van der Waals surface area (Å²) in [7, 11) is 0. The fourth-order valence-corrected chi connectivity index (χ4v) is 3.01. The number of nitrogens with zero attached hydrogens (tertiary/aromatic N) is 2. The number of hydrogen-bond acceptors (Lipinski definition) is 3. The zero-order chi connectivity index (χ0) is 17.6. The molecule has 0 bridgehead atoms. The third-order valence-corrected chi connectivity index (χ3v) is 4.51. The van der Waals surface area contributed by atoms with Crippen LogP contribution in [0.4, 0.5) is 5.82 Å². The SMILES string of the molecule is O=C(NCC(=O)N1CCN(c2cccc[nH+]2)CC1)c1ccccc1Cl. The van der Waals surface area contributed by atoms with Crippen molar-refractivity contribution in [1.82, 2.24) is 10.2 Å². The number of carbonyl (C=O) groups excluding carboxylic acids is 2. The van der Waals surface area contributed by atoms with Crippen LogP contribution in [0.15, 0.2) is 48.7 Å². The molecule has 1 aromatic heterocycles. The minimum absolute atomic E-state index is 0.0263. The Morgan fingerprint density at radius 2 is 1.76 bits per heavy atom. The number of anilines is 1. The van der Waals surface area contributed by atoms with E-state index < -0.39 is 0 Å². The molecule has 2 heterocycles. The summed E-state index contributed by atoms with van der Waals surface area (Å²) in [5.74, 6) is 0.621. The predicted molar refractivity (Wildman–Crippen MR) is 95.6 cm³/mol. The molecule has 25 heavy (non-hydrogen) atoms.